The van der Waals surface area contributed by atoms with Gasteiger partial charge >= 0.3 is 0 Å². The van der Waals surface area contributed by atoms with Crippen molar-refractivity contribution in [3.8, 4) is 6.07 Å². The summed E-state index contributed by atoms with van der Waals surface area (Å²) in [6.45, 7) is 1.60. The number of hydrogen-bond acceptors (Lipinski definition) is 6. The van der Waals surface area contributed by atoms with Crippen LogP contribution in [-0.2, 0) is 19.4 Å². The Bertz CT molecular complexity index is 1600. The van der Waals surface area contributed by atoms with Crippen molar-refractivity contribution in [1.82, 2.24) is 19.4 Å². The third-order valence-electron chi connectivity index (χ3n) is 6.39. The Kier molecular flexibility index (Phi) is 4.62. The van der Waals surface area contributed by atoms with Gasteiger partial charge in [-0.3, -0.25) is 4.40 Å². The molecule has 8 heteroatoms. The summed E-state index contributed by atoms with van der Waals surface area (Å²) >= 11 is 0. The van der Waals surface area contributed by atoms with E-state index in [-0.39, 0.29) is 11.5 Å². The molecule has 0 saturated heterocycles. The zero-order chi connectivity index (χ0) is 23.2. The molecular weight excluding hydrogens is 429 g/mol. The molecule has 7 nitrogen and oxygen atoms in total. The fourth-order valence-corrected chi connectivity index (χ4v) is 4.74. The lowest BCUT2D eigenvalue weighted by atomic mass is 9.92. The van der Waals surface area contributed by atoms with Crippen LogP contribution < -0.4 is 10.6 Å². The van der Waals surface area contributed by atoms with E-state index in [4.69, 9.17) is 16.0 Å². The number of rotatable bonds is 3. The highest BCUT2D eigenvalue weighted by atomic mass is 19.1. The van der Waals surface area contributed by atoms with E-state index in [9.17, 15) is 4.39 Å². The van der Waals surface area contributed by atoms with Gasteiger partial charge < -0.3 is 10.6 Å². The summed E-state index contributed by atoms with van der Waals surface area (Å²) in [4.78, 5) is 15.7. The van der Waals surface area contributed by atoms with Gasteiger partial charge in [-0.1, -0.05) is 24.3 Å². The summed E-state index contributed by atoms with van der Waals surface area (Å²) in [6.07, 6.45) is 5.03. The molecule has 6 rings (SSSR count). The number of imidazole rings is 1. The molecule has 3 aromatic heterocycles. The van der Waals surface area contributed by atoms with E-state index in [1.54, 1.807) is 22.7 Å². The summed E-state index contributed by atoms with van der Waals surface area (Å²) in [6, 6.07) is 17.0. The number of para-hydroxylation sites is 1. The van der Waals surface area contributed by atoms with Crippen LogP contribution in [0.2, 0.25) is 0 Å². The number of nitrogen functional groups attached to an aromatic ring is 1. The molecule has 1 aliphatic rings. The van der Waals surface area contributed by atoms with Crippen molar-refractivity contribution in [3.63, 3.8) is 0 Å². The van der Waals surface area contributed by atoms with Gasteiger partial charge in [0.1, 0.15) is 28.9 Å². The highest BCUT2D eigenvalue weighted by Crippen LogP contribution is 2.28. The summed E-state index contributed by atoms with van der Waals surface area (Å²) in [7, 11) is 0. The molecule has 0 aliphatic carbocycles. The number of nitrogens with two attached hydrogens (primary N) is 1. The van der Waals surface area contributed by atoms with E-state index >= 15 is 0 Å². The number of aromatic nitrogens is 4. The lowest BCUT2D eigenvalue weighted by molar-refractivity contribution is 0.636. The molecule has 34 heavy (non-hydrogen) atoms. The minimum atomic E-state index is -0.408. The average Bonchev–Trinajstić information content (AvgIpc) is 3.29. The maximum atomic E-state index is 14.3. The largest absolute Gasteiger partial charge is 0.369 e. The van der Waals surface area contributed by atoms with Gasteiger partial charge in [-0.05, 0) is 47.4 Å². The van der Waals surface area contributed by atoms with Crippen molar-refractivity contribution < 1.29 is 4.39 Å². The quantitative estimate of drug-likeness (QED) is 0.447. The Morgan fingerprint density at radius 2 is 1.97 bits per heavy atom. The van der Waals surface area contributed by atoms with Crippen LogP contribution in [0.25, 0.3) is 16.6 Å². The van der Waals surface area contributed by atoms with Crippen LogP contribution in [0, 0.1) is 17.1 Å². The minimum absolute atomic E-state index is 0.215. The molecule has 0 radical (unpaired) electrons. The average molecular weight is 449 g/mol. The summed E-state index contributed by atoms with van der Waals surface area (Å²) in [5.41, 5.74) is 12.2. The molecule has 5 aromatic rings. The third-order valence-corrected chi connectivity index (χ3v) is 6.39. The SMILES string of the molecule is N#Cc1ccc(N2CCc3c(Cc4cn5c(N)nc6c(F)cccc6c5n4)cccc3C2)nc1. The number of pyridine rings is 1. The third kappa shape index (κ3) is 3.30. The number of halogens is 1. The van der Waals surface area contributed by atoms with Crippen LogP contribution in [-0.4, -0.2) is 25.9 Å². The zero-order valence-electron chi connectivity index (χ0n) is 18.2. The van der Waals surface area contributed by atoms with Crippen LogP contribution in [0.1, 0.15) is 27.9 Å². The van der Waals surface area contributed by atoms with E-state index in [2.05, 4.69) is 39.1 Å². The van der Waals surface area contributed by atoms with Gasteiger partial charge in [-0.15, -0.1) is 0 Å². The van der Waals surface area contributed by atoms with Crippen molar-refractivity contribution in [1.29, 1.82) is 5.26 Å². The summed E-state index contributed by atoms with van der Waals surface area (Å²) in [5.74, 6) is 0.680. The number of anilines is 2. The Hall–Kier alpha value is -4.51. The first-order valence-electron chi connectivity index (χ1n) is 11.0. The first-order valence-corrected chi connectivity index (χ1v) is 11.0. The smallest absolute Gasteiger partial charge is 0.206 e. The Morgan fingerprint density at radius 1 is 1.09 bits per heavy atom. The fraction of sp³-hybridized carbons (Fsp3) is 0.154. The Labute approximate surface area is 194 Å². The van der Waals surface area contributed by atoms with Gasteiger partial charge in [0.2, 0.25) is 5.95 Å². The molecule has 0 amide bonds. The standard InChI is InChI=1S/C26H20FN7/c27-22-6-2-5-21-24(22)32-26(29)34-15-19(31-25(21)34)11-17-3-1-4-18-14-33(10-9-20(17)18)23-8-7-16(12-28)13-30-23/h1-8,13,15H,9-11,14H2,(H2,29,32). The maximum absolute atomic E-state index is 14.3. The van der Waals surface area contributed by atoms with E-state index in [0.717, 1.165) is 31.0 Å². The highest BCUT2D eigenvalue weighted by molar-refractivity contribution is 5.92. The lowest BCUT2D eigenvalue weighted by Crippen LogP contribution is -2.31. The molecule has 2 N–H and O–H groups in total. The first-order chi connectivity index (χ1) is 16.6. The maximum Gasteiger partial charge on any atom is 0.206 e. The Morgan fingerprint density at radius 3 is 2.79 bits per heavy atom. The molecule has 0 atom stereocenters. The van der Waals surface area contributed by atoms with Crippen LogP contribution in [0.3, 0.4) is 0 Å². The molecular formula is C26H20FN7. The predicted molar refractivity (Wildman–Crippen MR) is 128 cm³/mol. The van der Waals surface area contributed by atoms with Crippen molar-refractivity contribution in [3.05, 3.63) is 94.7 Å². The minimum Gasteiger partial charge on any atom is -0.369 e. The Balaban J connectivity index is 1.32. The number of nitrogens with zero attached hydrogens (tertiary/aromatic N) is 6. The zero-order valence-corrected chi connectivity index (χ0v) is 18.2. The lowest BCUT2D eigenvalue weighted by Gasteiger charge is -2.31. The molecule has 0 unspecified atom stereocenters. The topological polar surface area (TPSA) is 96.1 Å². The monoisotopic (exact) mass is 449 g/mol. The summed E-state index contributed by atoms with van der Waals surface area (Å²) in [5, 5.41) is 9.65. The number of fused-ring (bicyclic) bond motifs is 4. The molecule has 166 valence electrons. The van der Waals surface area contributed by atoms with E-state index in [1.807, 2.05) is 18.3 Å². The summed E-state index contributed by atoms with van der Waals surface area (Å²) < 4.78 is 16.0. The fourth-order valence-electron chi connectivity index (χ4n) is 4.74. The van der Waals surface area contributed by atoms with Gasteiger partial charge in [0, 0.05) is 37.3 Å². The first kappa shape index (κ1) is 20.1. The normalized spacial score (nSPS) is 13.2. The number of benzene rings is 2. The van der Waals surface area contributed by atoms with Gasteiger partial charge in [0.15, 0.2) is 0 Å². The van der Waals surface area contributed by atoms with E-state index < -0.39 is 5.82 Å². The van der Waals surface area contributed by atoms with E-state index in [0.29, 0.717) is 23.0 Å². The highest BCUT2D eigenvalue weighted by Gasteiger charge is 2.21. The molecule has 0 saturated carbocycles. The van der Waals surface area contributed by atoms with Crippen LogP contribution in [0.5, 0.6) is 0 Å². The van der Waals surface area contributed by atoms with Gasteiger partial charge in [-0.2, -0.15) is 5.26 Å². The number of nitriles is 1. The van der Waals surface area contributed by atoms with Crippen LogP contribution in [0.15, 0.2) is 60.9 Å². The number of hydrogen-bond donors (Lipinski definition) is 1. The van der Waals surface area contributed by atoms with Crippen molar-refractivity contribution >= 4 is 28.3 Å². The van der Waals surface area contributed by atoms with Crippen molar-refractivity contribution in [2.75, 3.05) is 17.2 Å². The van der Waals surface area contributed by atoms with Gasteiger partial charge in [-0.25, -0.2) is 19.3 Å². The predicted octanol–water partition coefficient (Wildman–Crippen LogP) is 4.02. The van der Waals surface area contributed by atoms with Gasteiger partial charge in [0.05, 0.1) is 11.3 Å². The molecule has 0 spiro atoms. The second-order valence-electron chi connectivity index (χ2n) is 8.45. The van der Waals surface area contributed by atoms with Crippen molar-refractivity contribution in [2.45, 2.75) is 19.4 Å². The van der Waals surface area contributed by atoms with Gasteiger partial charge in [0.25, 0.3) is 0 Å². The molecule has 0 fully saturated rings. The van der Waals surface area contributed by atoms with Crippen molar-refractivity contribution in [2.24, 2.45) is 0 Å². The second kappa shape index (κ2) is 7.81. The van der Waals surface area contributed by atoms with Crippen LogP contribution >= 0.6 is 0 Å². The van der Waals surface area contributed by atoms with E-state index in [1.165, 1.54) is 22.8 Å². The second-order valence-corrected chi connectivity index (χ2v) is 8.45. The molecule has 1 aliphatic heterocycles. The van der Waals surface area contributed by atoms with Crippen LogP contribution in [0.4, 0.5) is 16.2 Å². The molecule has 2 aromatic carbocycles. The molecule has 4 heterocycles. The molecule has 0 bridgehead atoms.